The van der Waals surface area contributed by atoms with Crippen LogP contribution in [0.25, 0.3) is 0 Å². The van der Waals surface area contributed by atoms with Crippen molar-refractivity contribution in [1.82, 2.24) is 0 Å². The van der Waals surface area contributed by atoms with Crippen LogP contribution in [0.4, 0.5) is 0 Å². The Kier molecular flexibility index (Phi) is 4.00. The Morgan fingerprint density at radius 2 is 1.17 bits per heavy atom. The zero-order chi connectivity index (χ0) is 16.4. The molecular formula is C23H20O. The molecule has 3 aromatic carbocycles. The number of hydrogen-bond donors (Lipinski definition) is 0. The summed E-state index contributed by atoms with van der Waals surface area (Å²) in [6, 6.07) is 30.8. The van der Waals surface area contributed by atoms with E-state index in [0.717, 1.165) is 12.0 Å². The third kappa shape index (κ3) is 2.67. The van der Waals surface area contributed by atoms with Gasteiger partial charge in [-0.2, -0.15) is 0 Å². The maximum atomic E-state index is 13.0. The van der Waals surface area contributed by atoms with Gasteiger partial charge in [-0.1, -0.05) is 91.0 Å². The van der Waals surface area contributed by atoms with Crippen molar-refractivity contribution in [2.75, 3.05) is 0 Å². The van der Waals surface area contributed by atoms with Gasteiger partial charge in [0.1, 0.15) is 0 Å². The molecule has 0 aromatic heterocycles. The van der Waals surface area contributed by atoms with Crippen LogP contribution in [0.5, 0.6) is 0 Å². The summed E-state index contributed by atoms with van der Waals surface area (Å²) in [5.41, 5.74) is 3.44. The number of carbonyl (C=O) groups excluding carboxylic acids is 1. The van der Waals surface area contributed by atoms with E-state index in [1.807, 2.05) is 42.5 Å². The molecule has 0 amide bonds. The van der Waals surface area contributed by atoms with Gasteiger partial charge in [0.05, 0.1) is 0 Å². The van der Waals surface area contributed by atoms with E-state index < -0.39 is 0 Å². The monoisotopic (exact) mass is 312 g/mol. The average Bonchev–Trinajstić information content (AvgIpc) is 2.63. The highest BCUT2D eigenvalue weighted by Crippen LogP contribution is 2.54. The van der Waals surface area contributed by atoms with Crippen molar-refractivity contribution in [2.45, 2.75) is 18.3 Å². The lowest BCUT2D eigenvalue weighted by Crippen LogP contribution is -2.38. The van der Waals surface area contributed by atoms with Crippen molar-refractivity contribution in [1.29, 1.82) is 0 Å². The van der Waals surface area contributed by atoms with Crippen LogP contribution in [0.3, 0.4) is 0 Å². The van der Waals surface area contributed by atoms with E-state index in [9.17, 15) is 4.79 Å². The fourth-order valence-corrected chi connectivity index (χ4v) is 3.92. The summed E-state index contributed by atoms with van der Waals surface area (Å²) in [5, 5.41) is 0. The van der Waals surface area contributed by atoms with E-state index in [1.54, 1.807) is 0 Å². The molecule has 0 bridgehead atoms. The summed E-state index contributed by atoms with van der Waals surface area (Å²) < 4.78 is 0. The normalized spacial score (nSPS) is 22.6. The summed E-state index contributed by atoms with van der Waals surface area (Å²) in [6.45, 7) is 0. The predicted molar refractivity (Wildman–Crippen MR) is 97.2 cm³/mol. The lowest BCUT2D eigenvalue weighted by atomic mass is 9.57. The Morgan fingerprint density at radius 1 is 0.667 bits per heavy atom. The molecule has 0 spiro atoms. The van der Waals surface area contributed by atoms with Gasteiger partial charge in [-0.05, 0) is 23.5 Å². The molecule has 0 radical (unpaired) electrons. The molecule has 24 heavy (non-hydrogen) atoms. The molecule has 3 atom stereocenters. The van der Waals surface area contributed by atoms with Gasteiger partial charge >= 0.3 is 0 Å². The number of Topliss-reactive ketones (excluding diaryl/α,β-unsaturated/α-hetero) is 1. The second-order valence-corrected chi connectivity index (χ2v) is 6.53. The van der Waals surface area contributed by atoms with E-state index in [-0.39, 0.29) is 17.6 Å². The van der Waals surface area contributed by atoms with Crippen molar-refractivity contribution >= 4 is 5.78 Å². The largest absolute Gasteiger partial charge is 0.294 e. The molecule has 1 aliphatic carbocycles. The second kappa shape index (κ2) is 6.45. The summed E-state index contributed by atoms with van der Waals surface area (Å²) >= 11 is 0. The molecular weight excluding hydrogens is 292 g/mol. The molecule has 118 valence electrons. The van der Waals surface area contributed by atoms with Crippen LogP contribution >= 0.6 is 0 Å². The van der Waals surface area contributed by atoms with E-state index >= 15 is 0 Å². The fraction of sp³-hybridized carbons (Fsp3) is 0.174. The molecule has 1 aliphatic rings. The molecule has 1 fully saturated rings. The summed E-state index contributed by atoms with van der Waals surface area (Å²) in [7, 11) is 0. The van der Waals surface area contributed by atoms with Crippen molar-refractivity contribution in [3.05, 3.63) is 108 Å². The van der Waals surface area contributed by atoms with Gasteiger partial charge in [0.2, 0.25) is 0 Å². The Bertz CT molecular complexity index is 808. The summed E-state index contributed by atoms with van der Waals surface area (Å²) in [4.78, 5) is 13.0. The minimum atomic E-state index is 0.0695. The lowest BCUT2D eigenvalue weighted by Gasteiger charge is -2.44. The van der Waals surface area contributed by atoms with E-state index in [4.69, 9.17) is 0 Å². The Morgan fingerprint density at radius 3 is 1.75 bits per heavy atom. The van der Waals surface area contributed by atoms with Crippen molar-refractivity contribution in [3.8, 4) is 0 Å². The standard InChI is InChI=1S/C23H20O/c24-23(19-14-8-3-9-15-19)21-16-20(17-10-4-1-5-11-17)22(21)18-12-6-2-7-13-18/h1-15,20-22H,16H2/t20?,21-,22-/m1/s1. The van der Waals surface area contributed by atoms with Gasteiger partial charge in [-0.3, -0.25) is 4.79 Å². The van der Waals surface area contributed by atoms with Gasteiger partial charge in [0, 0.05) is 17.4 Å². The first-order chi connectivity index (χ1) is 11.8. The molecule has 1 nitrogen and oxygen atoms in total. The first-order valence-corrected chi connectivity index (χ1v) is 8.54. The van der Waals surface area contributed by atoms with E-state index in [2.05, 4.69) is 48.5 Å². The highest BCUT2D eigenvalue weighted by Gasteiger charge is 2.46. The molecule has 0 heterocycles. The highest BCUT2D eigenvalue weighted by atomic mass is 16.1. The first-order valence-electron chi connectivity index (χ1n) is 8.54. The molecule has 0 N–H and O–H groups in total. The number of ketones is 1. The van der Waals surface area contributed by atoms with Crippen molar-refractivity contribution < 1.29 is 4.79 Å². The number of carbonyl (C=O) groups is 1. The predicted octanol–water partition coefficient (Wildman–Crippen LogP) is 5.46. The zero-order valence-electron chi connectivity index (χ0n) is 13.5. The van der Waals surface area contributed by atoms with E-state index in [0.29, 0.717) is 5.92 Å². The molecule has 4 rings (SSSR count). The van der Waals surface area contributed by atoms with Crippen LogP contribution in [0.1, 0.15) is 39.7 Å². The van der Waals surface area contributed by atoms with E-state index in [1.165, 1.54) is 11.1 Å². The Balaban J connectivity index is 1.67. The van der Waals surface area contributed by atoms with Crippen LogP contribution in [0.2, 0.25) is 0 Å². The molecule has 1 saturated carbocycles. The number of hydrogen-bond acceptors (Lipinski definition) is 1. The van der Waals surface area contributed by atoms with Gasteiger partial charge in [0.15, 0.2) is 5.78 Å². The minimum absolute atomic E-state index is 0.0695. The summed E-state index contributed by atoms with van der Waals surface area (Å²) in [5.74, 6) is 1.03. The molecule has 3 aromatic rings. The third-order valence-electron chi connectivity index (χ3n) is 5.18. The highest BCUT2D eigenvalue weighted by molar-refractivity contribution is 5.99. The van der Waals surface area contributed by atoms with Gasteiger partial charge < -0.3 is 0 Å². The van der Waals surface area contributed by atoms with Crippen LogP contribution in [0, 0.1) is 5.92 Å². The average molecular weight is 312 g/mol. The zero-order valence-corrected chi connectivity index (χ0v) is 13.5. The number of benzene rings is 3. The lowest BCUT2D eigenvalue weighted by molar-refractivity contribution is 0.0781. The maximum Gasteiger partial charge on any atom is 0.166 e. The Hall–Kier alpha value is -2.67. The smallest absolute Gasteiger partial charge is 0.166 e. The summed E-state index contributed by atoms with van der Waals surface area (Å²) in [6.07, 6.45) is 0.928. The molecule has 1 unspecified atom stereocenters. The third-order valence-corrected chi connectivity index (χ3v) is 5.18. The van der Waals surface area contributed by atoms with Gasteiger partial charge in [0.25, 0.3) is 0 Å². The maximum absolute atomic E-state index is 13.0. The molecule has 1 heteroatoms. The quantitative estimate of drug-likeness (QED) is 0.585. The van der Waals surface area contributed by atoms with Crippen molar-refractivity contribution in [3.63, 3.8) is 0 Å². The van der Waals surface area contributed by atoms with Crippen LogP contribution in [-0.2, 0) is 0 Å². The van der Waals surface area contributed by atoms with Gasteiger partial charge in [-0.15, -0.1) is 0 Å². The molecule has 0 saturated heterocycles. The van der Waals surface area contributed by atoms with Gasteiger partial charge in [-0.25, -0.2) is 0 Å². The van der Waals surface area contributed by atoms with Crippen LogP contribution in [0.15, 0.2) is 91.0 Å². The Labute approximate surface area is 143 Å². The first kappa shape index (κ1) is 14.9. The second-order valence-electron chi connectivity index (χ2n) is 6.53. The molecule has 0 aliphatic heterocycles. The topological polar surface area (TPSA) is 17.1 Å². The number of rotatable bonds is 4. The van der Waals surface area contributed by atoms with Crippen molar-refractivity contribution in [2.24, 2.45) is 5.92 Å². The SMILES string of the molecule is O=C(c1ccccc1)[C@@H]1CC(c2ccccc2)[C@H]1c1ccccc1. The minimum Gasteiger partial charge on any atom is -0.294 e. The van der Waals surface area contributed by atoms with Crippen LogP contribution < -0.4 is 0 Å². The van der Waals surface area contributed by atoms with Crippen LogP contribution in [-0.4, -0.2) is 5.78 Å². The fourth-order valence-electron chi connectivity index (χ4n) is 3.92.